The fourth-order valence-corrected chi connectivity index (χ4v) is 2.00. The summed E-state index contributed by atoms with van der Waals surface area (Å²) in [6.07, 6.45) is 2.54. The molecule has 0 radical (unpaired) electrons. The Morgan fingerprint density at radius 1 is 1.09 bits per heavy atom. The zero-order valence-corrected chi connectivity index (χ0v) is 18.4. The number of methoxy groups -OCH3 is 1. The van der Waals surface area contributed by atoms with Gasteiger partial charge < -0.3 is 26.0 Å². The Bertz CT molecular complexity index is 993. The van der Waals surface area contributed by atoms with E-state index in [0.29, 0.717) is 35.5 Å². The number of nitrogens with two attached hydrogens (primary N) is 2. The van der Waals surface area contributed by atoms with Crippen LogP contribution in [0.5, 0.6) is 0 Å². The van der Waals surface area contributed by atoms with E-state index >= 15 is 0 Å². The van der Waals surface area contributed by atoms with Crippen LogP contribution in [0, 0.1) is 0 Å². The number of nitrogen functional groups attached to an aromatic ring is 2. The lowest BCUT2D eigenvalue weighted by molar-refractivity contribution is -0.105. The summed E-state index contributed by atoms with van der Waals surface area (Å²) in [5.41, 5.74) is 12.9. The largest absolute Gasteiger partial charge is 0.465 e. The van der Waals surface area contributed by atoms with E-state index in [4.69, 9.17) is 16.0 Å². The second kappa shape index (κ2) is 12.5. The van der Waals surface area contributed by atoms with Crippen LogP contribution < -0.4 is 16.8 Å². The molecule has 32 heavy (non-hydrogen) atoms. The predicted octanol–water partition coefficient (Wildman–Crippen LogP) is 3.07. The molecule has 0 aliphatic carbocycles. The number of hydrogen-bond acceptors (Lipinski definition) is 9. The molecule has 2 aromatic heterocycles. The van der Waals surface area contributed by atoms with Gasteiger partial charge in [0.1, 0.15) is 11.5 Å². The molecule has 2 heterocycles. The number of anilines is 3. The highest BCUT2D eigenvalue weighted by atomic mass is 16.5. The van der Waals surface area contributed by atoms with Gasteiger partial charge in [0.15, 0.2) is 12.1 Å². The quantitative estimate of drug-likeness (QED) is 0.313. The minimum atomic E-state index is -0.458. The number of nitrogens with one attached hydrogen (secondary N) is 1. The van der Waals surface area contributed by atoms with Crippen LogP contribution in [-0.2, 0) is 14.9 Å². The normalized spacial score (nSPS) is 9.88. The number of carbonyl (C=O) groups excluding carboxylic acids is 3. The summed E-state index contributed by atoms with van der Waals surface area (Å²) in [6, 6.07) is 11.6. The molecule has 170 valence electrons. The summed E-state index contributed by atoms with van der Waals surface area (Å²) in [6.45, 7) is 6.15. The molecule has 3 aromatic rings. The van der Waals surface area contributed by atoms with Gasteiger partial charge in [0.2, 0.25) is 6.41 Å². The molecule has 0 bridgehead atoms. The Morgan fingerprint density at radius 3 is 2.12 bits per heavy atom. The molecule has 0 saturated carbocycles. The number of carbonyl (C=O) groups is 3. The van der Waals surface area contributed by atoms with E-state index in [2.05, 4.69) is 20.2 Å². The summed E-state index contributed by atoms with van der Waals surface area (Å²) in [7, 11) is 1.29. The molecule has 5 N–H and O–H groups in total. The average Bonchev–Trinajstić information content (AvgIpc) is 3.23. The van der Waals surface area contributed by atoms with E-state index in [1.165, 1.54) is 25.4 Å². The maximum Gasteiger partial charge on any atom is 0.339 e. The standard InChI is InChI=1S/C8H7NO3.C7H12N2O.C7H8N2O/c1-12-8(11)6-2-3-7(5-10)9-4-6;1-7(2,3)5-4-6(8)9-10-5;8-6-1-3-7(4-2-6)9-5-10/h2-5H,1H3;4H,1-3H3,(H2,8,9);1-5H,8H2,(H,9,10). The molecule has 3 rings (SSSR count). The molecular formula is C22H27N5O5. The maximum absolute atomic E-state index is 10.9. The third-order valence-corrected chi connectivity index (χ3v) is 3.73. The number of ether oxygens (including phenoxy) is 1. The van der Waals surface area contributed by atoms with Gasteiger partial charge in [0.05, 0.1) is 12.7 Å². The van der Waals surface area contributed by atoms with Gasteiger partial charge in [0.25, 0.3) is 0 Å². The van der Waals surface area contributed by atoms with Crippen molar-refractivity contribution in [3.05, 3.63) is 65.7 Å². The number of nitrogens with zero attached hydrogens (tertiary/aromatic N) is 2. The number of pyridine rings is 1. The minimum absolute atomic E-state index is 0.00458. The fraction of sp³-hybridized carbons (Fsp3) is 0.227. The third-order valence-electron chi connectivity index (χ3n) is 3.73. The fourth-order valence-electron chi connectivity index (χ4n) is 2.00. The van der Waals surface area contributed by atoms with Crippen LogP contribution in [0.1, 0.15) is 47.4 Å². The molecule has 1 amide bonds. The first kappa shape index (κ1) is 25.8. The van der Waals surface area contributed by atoms with E-state index in [9.17, 15) is 14.4 Å². The molecule has 0 aliphatic heterocycles. The number of benzene rings is 1. The average molecular weight is 441 g/mol. The van der Waals surface area contributed by atoms with Crippen molar-refractivity contribution < 1.29 is 23.6 Å². The van der Waals surface area contributed by atoms with Crippen molar-refractivity contribution in [1.82, 2.24) is 10.1 Å². The number of amides is 1. The van der Waals surface area contributed by atoms with Crippen molar-refractivity contribution >= 4 is 35.9 Å². The van der Waals surface area contributed by atoms with E-state index in [-0.39, 0.29) is 5.41 Å². The lowest BCUT2D eigenvalue weighted by Gasteiger charge is -2.11. The monoisotopic (exact) mass is 441 g/mol. The number of aldehydes is 1. The second-order valence-electron chi connectivity index (χ2n) is 7.33. The zero-order chi connectivity index (χ0) is 24.1. The van der Waals surface area contributed by atoms with Gasteiger partial charge >= 0.3 is 5.97 Å². The summed E-state index contributed by atoms with van der Waals surface area (Å²) in [4.78, 5) is 34.7. The highest BCUT2D eigenvalue weighted by Gasteiger charge is 2.18. The SMILES string of the molecule is CC(C)(C)c1cc(N)no1.COC(=O)c1ccc(C=O)nc1.Nc1ccc(NC=O)cc1. The van der Waals surface area contributed by atoms with Crippen molar-refractivity contribution in [2.75, 3.05) is 23.9 Å². The first-order valence-corrected chi connectivity index (χ1v) is 9.38. The van der Waals surface area contributed by atoms with Gasteiger partial charge in [-0.05, 0) is 36.4 Å². The summed E-state index contributed by atoms with van der Waals surface area (Å²) >= 11 is 0. The van der Waals surface area contributed by atoms with E-state index in [1.807, 2.05) is 20.8 Å². The first-order valence-electron chi connectivity index (χ1n) is 9.38. The topological polar surface area (TPSA) is 163 Å². The summed E-state index contributed by atoms with van der Waals surface area (Å²) in [5, 5.41) is 6.08. The van der Waals surface area contributed by atoms with Gasteiger partial charge in [0, 0.05) is 29.1 Å². The van der Waals surface area contributed by atoms with Gasteiger partial charge in [-0.3, -0.25) is 14.6 Å². The van der Waals surface area contributed by atoms with Crippen molar-refractivity contribution in [3.63, 3.8) is 0 Å². The van der Waals surface area contributed by atoms with Crippen LogP contribution in [0.3, 0.4) is 0 Å². The number of hydrogen-bond donors (Lipinski definition) is 3. The van der Waals surface area contributed by atoms with Crippen molar-refractivity contribution in [2.45, 2.75) is 26.2 Å². The van der Waals surface area contributed by atoms with Crippen molar-refractivity contribution in [1.29, 1.82) is 0 Å². The zero-order valence-electron chi connectivity index (χ0n) is 18.4. The highest BCUT2D eigenvalue weighted by Crippen LogP contribution is 2.22. The Balaban J connectivity index is 0.000000241. The second-order valence-corrected chi connectivity index (χ2v) is 7.33. The molecule has 0 saturated heterocycles. The van der Waals surface area contributed by atoms with Gasteiger partial charge in [-0.15, -0.1) is 0 Å². The minimum Gasteiger partial charge on any atom is -0.465 e. The van der Waals surface area contributed by atoms with E-state index in [0.717, 1.165) is 11.4 Å². The van der Waals surface area contributed by atoms with Crippen LogP contribution in [0.15, 0.2) is 53.2 Å². The molecule has 0 fully saturated rings. The Hall–Kier alpha value is -4.21. The Morgan fingerprint density at radius 2 is 1.75 bits per heavy atom. The highest BCUT2D eigenvalue weighted by molar-refractivity contribution is 5.89. The molecule has 0 aliphatic rings. The third kappa shape index (κ3) is 9.08. The van der Waals surface area contributed by atoms with Gasteiger partial charge in [-0.25, -0.2) is 4.79 Å². The molecular weight excluding hydrogens is 414 g/mol. The van der Waals surface area contributed by atoms with Crippen LogP contribution in [0.2, 0.25) is 0 Å². The lowest BCUT2D eigenvalue weighted by atomic mass is 9.93. The van der Waals surface area contributed by atoms with E-state index in [1.54, 1.807) is 30.3 Å². The van der Waals surface area contributed by atoms with Crippen LogP contribution in [0.25, 0.3) is 0 Å². The first-order chi connectivity index (χ1) is 15.1. The molecule has 1 aromatic carbocycles. The Kier molecular flexibility index (Phi) is 10.1. The molecule has 0 spiro atoms. The molecule has 0 atom stereocenters. The van der Waals surface area contributed by atoms with Crippen LogP contribution in [-0.4, -0.2) is 35.9 Å². The summed E-state index contributed by atoms with van der Waals surface area (Å²) in [5.74, 6) is 0.815. The van der Waals surface area contributed by atoms with Gasteiger partial charge in [-0.2, -0.15) is 0 Å². The number of rotatable bonds is 4. The smallest absolute Gasteiger partial charge is 0.339 e. The number of aromatic nitrogens is 2. The van der Waals surface area contributed by atoms with Crippen LogP contribution >= 0.6 is 0 Å². The molecule has 0 unspecified atom stereocenters. The summed E-state index contributed by atoms with van der Waals surface area (Å²) < 4.78 is 9.40. The maximum atomic E-state index is 10.9. The lowest BCUT2D eigenvalue weighted by Crippen LogP contribution is -2.09. The number of esters is 1. The van der Waals surface area contributed by atoms with Crippen molar-refractivity contribution in [2.24, 2.45) is 0 Å². The Labute approximate surface area is 185 Å². The predicted molar refractivity (Wildman–Crippen MR) is 121 cm³/mol. The molecule has 10 nitrogen and oxygen atoms in total. The molecule has 10 heteroatoms. The van der Waals surface area contributed by atoms with Gasteiger partial charge in [-0.1, -0.05) is 25.9 Å². The van der Waals surface area contributed by atoms with E-state index < -0.39 is 5.97 Å². The van der Waals surface area contributed by atoms with Crippen LogP contribution in [0.4, 0.5) is 17.2 Å². The van der Waals surface area contributed by atoms with Crippen molar-refractivity contribution in [3.8, 4) is 0 Å².